The fourth-order valence-corrected chi connectivity index (χ4v) is 4.48. The Hall–Kier alpha value is -3.03. The van der Waals surface area contributed by atoms with E-state index in [0.717, 1.165) is 58.4 Å². The van der Waals surface area contributed by atoms with E-state index in [2.05, 4.69) is 27.6 Å². The Balaban J connectivity index is 0.00000272. The van der Waals surface area contributed by atoms with Crippen LogP contribution in [-0.4, -0.2) is 33.3 Å². The van der Waals surface area contributed by atoms with Crippen molar-refractivity contribution in [2.45, 2.75) is 37.7 Å². The number of rotatable bonds is 5. The molecule has 1 aliphatic carbocycles. The van der Waals surface area contributed by atoms with Crippen molar-refractivity contribution < 1.29 is 15.4 Å². The molecule has 0 radical (unpaired) electrons. The molecule has 4 N–H and O–H groups in total. The highest BCUT2D eigenvalue weighted by atomic mass is 32.1. The lowest BCUT2D eigenvalue weighted by molar-refractivity contribution is 0.127. The predicted octanol–water partition coefficient (Wildman–Crippen LogP) is 4.05. The molecule has 1 aromatic heterocycles. The Morgan fingerprint density at radius 3 is 2.74 bits per heavy atom. The number of hydrogen-bond acceptors (Lipinski definition) is 5. The molecule has 1 atom stereocenters. The van der Waals surface area contributed by atoms with E-state index in [1.54, 1.807) is 12.1 Å². The van der Waals surface area contributed by atoms with Gasteiger partial charge in [0.2, 0.25) is 0 Å². The van der Waals surface area contributed by atoms with Gasteiger partial charge >= 0.3 is 0 Å². The van der Waals surface area contributed by atoms with Gasteiger partial charge in [-0.15, -0.1) is 0 Å². The molecular weight excluding hydrogens is 410 g/mol. The van der Waals surface area contributed by atoms with Crippen LogP contribution in [0.1, 0.15) is 36.8 Å². The minimum Gasteiger partial charge on any atom is -0.508 e. The number of oxime groups is 1. The first kappa shape index (κ1) is 22.7. The average Bonchev–Trinajstić information content (AvgIpc) is 2.80. The van der Waals surface area contributed by atoms with Crippen molar-refractivity contribution in [3.05, 3.63) is 71.9 Å². The molecule has 31 heavy (non-hydrogen) atoms. The summed E-state index contributed by atoms with van der Waals surface area (Å²) in [6, 6.07) is 17.2. The monoisotopic (exact) mass is 437 g/mol. The molecule has 1 aliphatic rings. The maximum absolute atomic E-state index is 9.45. The number of phenolic OH excluding ortho intramolecular Hbond substituents is 1. The molecule has 0 bridgehead atoms. The summed E-state index contributed by atoms with van der Waals surface area (Å²) in [5, 5.41) is 18.3. The highest BCUT2D eigenvalue weighted by molar-refractivity contribution is 7.80. The standard InChI is InChI=1S/C24H25N3O2S.H2O/c1-25-23(30)24(19-14-18-6-2-3-7-21(18)26-15-19)13-5-4-8-22(24)27-29-16-17-9-11-20(28)12-10-17;/h2-3,6-7,9-12,14-15,28H,4-5,8,13,16H2,1H3,(H,25,30);1H2/b27-22-;. The van der Waals surface area contributed by atoms with Gasteiger partial charge in [-0.05, 0) is 54.7 Å². The van der Waals surface area contributed by atoms with Crippen LogP contribution in [0.4, 0.5) is 0 Å². The highest BCUT2D eigenvalue weighted by Gasteiger charge is 2.44. The molecule has 0 aliphatic heterocycles. The number of benzene rings is 2. The van der Waals surface area contributed by atoms with Crippen molar-refractivity contribution in [1.82, 2.24) is 10.3 Å². The Labute approximate surface area is 187 Å². The number of para-hydroxylation sites is 1. The molecule has 162 valence electrons. The van der Waals surface area contributed by atoms with Gasteiger partial charge in [0, 0.05) is 18.6 Å². The summed E-state index contributed by atoms with van der Waals surface area (Å²) in [5.41, 5.74) is 3.37. The Kier molecular flexibility index (Phi) is 7.20. The van der Waals surface area contributed by atoms with Crippen LogP contribution in [0.15, 0.2) is 65.9 Å². The maximum Gasteiger partial charge on any atom is 0.142 e. The third-order valence-corrected chi connectivity index (χ3v) is 6.30. The second-order valence-corrected chi connectivity index (χ2v) is 7.99. The summed E-state index contributed by atoms with van der Waals surface area (Å²) in [7, 11) is 1.86. The molecule has 1 saturated carbocycles. The van der Waals surface area contributed by atoms with E-state index in [1.165, 1.54) is 0 Å². The van der Waals surface area contributed by atoms with E-state index in [9.17, 15) is 5.11 Å². The second kappa shape index (κ2) is 9.85. The Morgan fingerprint density at radius 1 is 1.19 bits per heavy atom. The number of aromatic nitrogens is 1. The summed E-state index contributed by atoms with van der Waals surface area (Å²) in [6.07, 6.45) is 5.73. The third kappa shape index (κ3) is 4.52. The molecular formula is C24H27N3O3S. The lowest BCUT2D eigenvalue weighted by Gasteiger charge is -2.38. The lowest BCUT2D eigenvalue weighted by atomic mass is 9.68. The molecule has 0 saturated heterocycles. The zero-order valence-electron chi connectivity index (χ0n) is 17.5. The number of phenols is 1. The van der Waals surface area contributed by atoms with Gasteiger partial charge in [0.25, 0.3) is 0 Å². The third-order valence-electron chi connectivity index (χ3n) is 5.75. The summed E-state index contributed by atoms with van der Waals surface area (Å²) < 4.78 is 0. The van der Waals surface area contributed by atoms with Gasteiger partial charge in [-0.1, -0.05) is 54.1 Å². The first-order valence-corrected chi connectivity index (χ1v) is 10.6. The Morgan fingerprint density at radius 2 is 1.97 bits per heavy atom. The molecule has 2 aromatic carbocycles. The number of nitrogens with zero attached hydrogens (tertiary/aromatic N) is 2. The van der Waals surface area contributed by atoms with Gasteiger partial charge in [0.1, 0.15) is 12.4 Å². The number of nitrogens with one attached hydrogen (secondary N) is 1. The van der Waals surface area contributed by atoms with E-state index in [-0.39, 0.29) is 11.2 Å². The number of aromatic hydroxyl groups is 1. The van der Waals surface area contributed by atoms with Crippen molar-refractivity contribution in [1.29, 1.82) is 0 Å². The van der Waals surface area contributed by atoms with Gasteiger partial charge in [-0.25, -0.2) is 0 Å². The number of pyridine rings is 1. The topological polar surface area (TPSA) is 98.2 Å². The fraction of sp³-hybridized carbons (Fsp3) is 0.292. The van der Waals surface area contributed by atoms with Gasteiger partial charge in [0.15, 0.2) is 0 Å². The molecule has 7 heteroatoms. The van der Waals surface area contributed by atoms with Crippen LogP contribution in [-0.2, 0) is 16.9 Å². The van der Waals surface area contributed by atoms with Crippen LogP contribution in [0.2, 0.25) is 0 Å². The minimum absolute atomic E-state index is 0. The van der Waals surface area contributed by atoms with Gasteiger partial charge in [-0.2, -0.15) is 0 Å². The number of fused-ring (bicyclic) bond motifs is 1. The average molecular weight is 438 g/mol. The van der Waals surface area contributed by atoms with E-state index in [4.69, 9.17) is 17.1 Å². The van der Waals surface area contributed by atoms with Crippen LogP contribution in [0.25, 0.3) is 10.9 Å². The van der Waals surface area contributed by atoms with E-state index in [1.807, 2.05) is 43.6 Å². The molecule has 4 rings (SSSR count). The highest BCUT2D eigenvalue weighted by Crippen LogP contribution is 2.39. The number of hydrogen-bond donors (Lipinski definition) is 2. The number of likely N-dealkylation sites (N-methyl/N-ethyl adjacent to an activating group) is 1. The van der Waals surface area contributed by atoms with Crippen LogP contribution in [0.3, 0.4) is 0 Å². The SMILES string of the molecule is CNC(=S)C1(c2cnc3ccccc3c2)CCCC/C1=N/OCc1ccc(O)cc1.O. The smallest absolute Gasteiger partial charge is 0.142 e. The first-order chi connectivity index (χ1) is 14.6. The molecule has 3 aromatic rings. The summed E-state index contributed by atoms with van der Waals surface area (Å²) in [6.45, 7) is 0.335. The summed E-state index contributed by atoms with van der Waals surface area (Å²) in [4.78, 5) is 11.2. The number of thiocarbonyl (C=S) groups is 1. The predicted molar refractivity (Wildman–Crippen MR) is 127 cm³/mol. The zero-order valence-corrected chi connectivity index (χ0v) is 18.3. The zero-order chi connectivity index (χ0) is 21.0. The van der Waals surface area contributed by atoms with Crippen LogP contribution >= 0.6 is 12.2 Å². The van der Waals surface area contributed by atoms with E-state index >= 15 is 0 Å². The molecule has 1 fully saturated rings. The van der Waals surface area contributed by atoms with Gasteiger partial charge in [-0.3, -0.25) is 4.98 Å². The van der Waals surface area contributed by atoms with E-state index < -0.39 is 5.41 Å². The van der Waals surface area contributed by atoms with Crippen molar-refractivity contribution in [2.75, 3.05) is 7.05 Å². The van der Waals surface area contributed by atoms with Crippen molar-refractivity contribution in [3.8, 4) is 5.75 Å². The molecule has 0 spiro atoms. The van der Waals surface area contributed by atoms with Gasteiger partial charge in [0.05, 0.1) is 21.6 Å². The van der Waals surface area contributed by atoms with Crippen molar-refractivity contribution in [2.24, 2.45) is 5.16 Å². The van der Waals surface area contributed by atoms with Crippen molar-refractivity contribution >= 4 is 33.8 Å². The van der Waals surface area contributed by atoms with Crippen LogP contribution < -0.4 is 5.32 Å². The Bertz CT molecular complexity index is 1080. The van der Waals surface area contributed by atoms with E-state index in [0.29, 0.717) is 6.61 Å². The van der Waals surface area contributed by atoms with Crippen LogP contribution in [0.5, 0.6) is 5.75 Å². The largest absolute Gasteiger partial charge is 0.508 e. The van der Waals surface area contributed by atoms with Gasteiger partial charge < -0.3 is 20.7 Å². The maximum atomic E-state index is 9.45. The fourth-order valence-electron chi connectivity index (χ4n) is 4.15. The molecule has 6 nitrogen and oxygen atoms in total. The minimum atomic E-state index is -0.520. The quantitative estimate of drug-likeness (QED) is 0.464. The summed E-state index contributed by atoms with van der Waals surface area (Å²) >= 11 is 5.82. The molecule has 1 heterocycles. The lowest BCUT2D eigenvalue weighted by Crippen LogP contribution is -2.50. The molecule has 0 amide bonds. The normalized spacial score (nSPS) is 19.6. The first-order valence-electron chi connectivity index (χ1n) is 10.2. The van der Waals surface area contributed by atoms with Crippen molar-refractivity contribution in [3.63, 3.8) is 0 Å². The molecule has 1 unspecified atom stereocenters. The second-order valence-electron chi connectivity index (χ2n) is 7.59. The summed E-state index contributed by atoms with van der Waals surface area (Å²) in [5.74, 6) is 0.236. The van der Waals surface area contributed by atoms with Crippen LogP contribution in [0, 0.1) is 0 Å².